The molecule has 0 saturated carbocycles. The van der Waals surface area contributed by atoms with Gasteiger partial charge in [-0.15, -0.1) is 20.4 Å². The fourth-order valence-corrected chi connectivity index (χ4v) is 3.63. The zero-order chi connectivity index (χ0) is 18.8. The van der Waals surface area contributed by atoms with Crippen molar-refractivity contribution >= 4 is 39.3 Å². The van der Waals surface area contributed by atoms with E-state index in [0.29, 0.717) is 33.5 Å². The monoisotopic (exact) mass is 462 g/mol. The van der Waals surface area contributed by atoms with Crippen LogP contribution < -0.4 is 5.84 Å². The molecular weight excluding hydrogens is 452 g/mol. The first-order chi connectivity index (χ1) is 13.1. The Morgan fingerprint density at radius 2 is 1.81 bits per heavy atom. The first-order valence-electron chi connectivity index (χ1n) is 7.78. The van der Waals surface area contributed by atoms with Crippen LogP contribution in [0.2, 0.25) is 5.02 Å². The summed E-state index contributed by atoms with van der Waals surface area (Å²) in [5.41, 5.74) is 1.67. The molecule has 4 aromatic rings. The third-order valence-corrected chi connectivity index (χ3v) is 5.53. The fourth-order valence-electron chi connectivity index (χ4n) is 2.35. The zero-order valence-electron chi connectivity index (χ0n) is 13.7. The van der Waals surface area contributed by atoms with Crippen LogP contribution in [0.15, 0.2) is 62.6 Å². The van der Waals surface area contributed by atoms with Gasteiger partial charge in [0.1, 0.15) is 0 Å². The maximum Gasteiger partial charge on any atom is 0.248 e. The van der Waals surface area contributed by atoms with E-state index in [1.54, 1.807) is 12.1 Å². The summed E-state index contributed by atoms with van der Waals surface area (Å²) in [6.07, 6.45) is 0. The van der Waals surface area contributed by atoms with Crippen LogP contribution in [0.25, 0.3) is 22.8 Å². The van der Waals surface area contributed by atoms with Crippen LogP contribution in [0.1, 0.15) is 5.89 Å². The Morgan fingerprint density at radius 1 is 1.04 bits per heavy atom. The molecule has 0 radical (unpaired) electrons. The minimum absolute atomic E-state index is 0.424. The quantitative estimate of drug-likeness (QED) is 0.346. The van der Waals surface area contributed by atoms with Gasteiger partial charge in [0, 0.05) is 15.1 Å². The number of nitrogens with zero attached hydrogens (tertiary/aromatic N) is 5. The van der Waals surface area contributed by atoms with Crippen LogP contribution >= 0.6 is 39.3 Å². The van der Waals surface area contributed by atoms with Gasteiger partial charge >= 0.3 is 0 Å². The molecule has 0 aliphatic rings. The van der Waals surface area contributed by atoms with Crippen LogP contribution in [-0.2, 0) is 5.75 Å². The molecule has 0 amide bonds. The third-order valence-electron chi connectivity index (χ3n) is 3.66. The van der Waals surface area contributed by atoms with Gasteiger partial charge in [0.05, 0.1) is 11.3 Å². The van der Waals surface area contributed by atoms with Crippen LogP contribution in [0.3, 0.4) is 0 Å². The van der Waals surface area contributed by atoms with E-state index >= 15 is 0 Å². The van der Waals surface area contributed by atoms with Gasteiger partial charge in [-0.25, -0.2) is 4.68 Å². The van der Waals surface area contributed by atoms with Gasteiger partial charge < -0.3 is 10.3 Å². The highest BCUT2D eigenvalue weighted by Gasteiger charge is 2.15. The Labute approximate surface area is 172 Å². The number of rotatable bonds is 5. The number of hydrogen-bond acceptors (Lipinski definition) is 7. The maximum absolute atomic E-state index is 6.12. The van der Waals surface area contributed by atoms with Gasteiger partial charge in [-0.3, -0.25) is 0 Å². The number of halogens is 2. The van der Waals surface area contributed by atoms with Crippen LogP contribution in [-0.4, -0.2) is 25.1 Å². The molecule has 2 N–H and O–H groups in total. The lowest BCUT2D eigenvalue weighted by molar-refractivity contribution is 0.528. The first-order valence-corrected chi connectivity index (χ1v) is 9.94. The topological polar surface area (TPSA) is 95.7 Å². The lowest BCUT2D eigenvalue weighted by Crippen LogP contribution is -2.11. The fraction of sp³-hybridized carbons (Fsp3) is 0.0588. The van der Waals surface area contributed by atoms with Crippen molar-refractivity contribution in [2.45, 2.75) is 10.9 Å². The SMILES string of the molecule is Nn1c(SCc2nnc(-c3ccccc3Br)o2)nnc1-c1ccc(Cl)cc1. The number of thioether (sulfide) groups is 1. The minimum atomic E-state index is 0.424. The standard InChI is InChI=1S/C17H12BrClN6OS/c18-13-4-2-1-3-12(13)16-23-21-14(26-16)9-27-17-24-22-15(25(17)20)10-5-7-11(19)8-6-10/h1-8H,9,20H2. The molecule has 0 spiro atoms. The van der Waals surface area contributed by atoms with Gasteiger partial charge in [-0.1, -0.05) is 35.5 Å². The van der Waals surface area contributed by atoms with Gasteiger partial charge in [-0.05, 0) is 52.3 Å². The van der Waals surface area contributed by atoms with E-state index in [9.17, 15) is 0 Å². The minimum Gasteiger partial charge on any atom is -0.420 e. The van der Waals surface area contributed by atoms with E-state index in [2.05, 4.69) is 36.3 Å². The average molecular weight is 464 g/mol. The molecule has 2 heterocycles. The molecule has 0 fully saturated rings. The lowest BCUT2D eigenvalue weighted by atomic mass is 10.2. The van der Waals surface area contributed by atoms with Crippen molar-refractivity contribution in [3.8, 4) is 22.8 Å². The summed E-state index contributed by atoms with van der Waals surface area (Å²) < 4.78 is 8.05. The van der Waals surface area contributed by atoms with E-state index in [4.69, 9.17) is 21.9 Å². The highest BCUT2D eigenvalue weighted by atomic mass is 79.9. The van der Waals surface area contributed by atoms with Crippen LogP contribution in [0, 0.1) is 0 Å². The Balaban J connectivity index is 1.48. The molecule has 0 atom stereocenters. The Kier molecular flexibility index (Phi) is 5.15. The molecule has 136 valence electrons. The van der Waals surface area contributed by atoms with Crippen molar-refractivity contribution in [1.82, 2.24) is 25.1 Å². The predicted octanol–water partition coefficient (Wildman–Crippen LogP) is 4.42. The van der Waals surface area contributed by atoms with Gasteiger partial charge in [0.2, 0.25) is 16.9 Å². The summed E-state index contributed by atoms with van der Waals surface area (Å²) >= 11 is 10.8. The van der Waals surface area contributed by atoms with Crippen molar-refractivity contribution in [3.63, 3.8) is 0 Å². The zero-order valence-corrected chi connectivity index (χ0v) is 16.9. The number of nitrogen functional groups attached to an aromatic ring is 1. The molecule has 2 aromatic carbocycles. The summed E-state index contributed by atoms with van der Waals surface area (Å²) in [6, 6.07) is 14.9. The largest absolute Gasteiger partial charge is 0.420 e. The van der Waals surface area contributed by atoms with Crippen molar-refractivity contribution < 1.29 is 4.42 Å². The van der Waals surface area contributed by atoms with Crippen LogP contribution in [0.4, 0.5) is 0 Å². The Morgan fingerprint density at radius 3 is 2.59 bits per heavy atom. The van der Waals surface area contributed by atoms with Crippen molar-refractivity contribution in [2.75, 3.05) is 5.84 Å². The maximum atomic E-state index is 6.12. The lowest BCUT2D eigenvalue weighted by Gasteiger charge is -2.03. The molecule has 0 aliphatic heterocycles. The molecule has 0 bridgehead atoms. The van der Waals surface area contributed by atoms with Gasteiger partial charge in [0.15, 0.2) is 5.82 Å². The molecule has 7 nitrogen and oxygen atoms in total. The number of benzene rings is 2. The summed E-state index contributed by atoms with van der Waals surface area (Å²) in [7, 11) is 0. The van der Waals surface area contributed by atoms with E-state index in [1.165, 1.54) is 16.4 Å². The van der Waals surface area contributed by atoms with Gasteiger partial charge in [0.25, 0.3) is 0 Å². The highest BCUT2D eigenvalue weighted by Crippen LogP contribution is 2.29. The molecule has 10 heteroatoms. The number of nitrogens with two attached hydrogens (primary N) is 1. The molecule has 2 aromatic heterocycles. The van der Waals surface area contributed by atoms with E-state index in [-0.39, 0.29) is 0 Å². The van der Waals surface area contributed by atoms with E-state index in [0.717, 1.165) is 15.6 Å². The summed E-state index contributed by atoms with van der Waals surface area (Å²) in [5.74, 6) is 8.02. The van der Waals surface area contributed by atoms with Crippen molar-refractivity contribution in [2.24, 2.45) is 0 Å². The molecular formula is C17H12BrClN6OS. The van der Waals surface area contributed by atoms with E-state index in [1.807, 2.05) is 36.4 Å². The second-order valence-corrected chi connectivity index (χ2v) is 7.69. The third kappa shape index (κ3) is 3.85. The summed E-state index contributed by atoms with van der Waals surface area (Å²) in [5, 5.41) is 17.6. The van der Waals surface area contributed by atoms with Crippen LogP contribution in [0.5, 0.6) is 0 Å². The molecule has 27 heavy (non-hydrogen) atoms. The molecule has 4 rings (SSSR count). The van der Waals surface area contributed by atoms with Crippen molar-refractivity contribution in [1.29, 1.82) is 0 Å². The average Bonchev–Trinajstić information content (AvgIpc) is 3.28. The molecule has 0 saturated heterocycles. The Bertz CT molecular complexity index is 1080. The first kappa shape index (κ1) is 18.0. The second-order valence-electron chi connectivity index (χ2n) is 5.45. The smallest absolute Gasteiger partial charge is 0.248 e. The normalized spacial score (nSPS) is 11.0. The summed E-state index contributed by atoms with van der Waals surface area (Å²) in [6.45, 7) is 0. The molecule has 0 unspecified atom stereocenters. The number of hydrogen-bond donors (Lipinski definition) is 1. The van der Waals surface area contributed by atoms with Crippen molar-refractivity contribution in [3.05, 3.63) is 63.9 Å². The molecule has 0 aliphatic carbocycles. The Hall–Kier alpha value is -2.36. The highest BCUT2D eigenvalue weighted by molar-refractivity contribution is 9.10. The second kappa shape index (κ2) is 7.71. The summed E-state index contributed by atoms with van der Waals surface area (Å²) in [4.78, 5) is 0. The van der Waals surface area contributed by atoms with Gasteiger partial charge in [-0.2, -0.15) is 0 Å². The number of aromatic nitrogens is 5. The predicted molar refractivity (Wildman–Crippen MR) is 108 cm³/mol. The van der Waals surface area contributed by atoms with E-state index < -0.39 is 0 Å².